The van der Waals surface area contributed by atoms with Crippen molar-refractivity contribution in [2.45, 2.75) is 48.0 Å². The molecule has 0 aromatic carbocycles. The maximum atomic E-state index is 4.62. The molecule has 0 atom stereocenters. The van der Waals surface area contributed by atoms with E-state index in [-0.39, 0.29) is 21.7 Å². The van der Waals surface area contributed by atoms with E-state index < -0.39 is 7.05 Å². The maximum Gasteiger partial charge on any atom is 0.0424 e. The van der Waals surface area contributed by atoms with Crippen LogP contribution in [-0.4, -0.2) is 20.0 Å². The molecule has 23 heavy (non-hydrogen) atoms. The second-order valence-corrected chi connectivity index (χ2v) is 11.6. The maximum absolute atomic E-state index is 4.62. The Morgan fingerprint density at radius 2 is 1.43 bits per heavy atom. The van der Waals surface area contributed by atoms with Gasteiger partial charge in [-0.25, -0.2) is 0 Å². The summed E-state index contributed by atoms with van der Waals surface area (Å²) in [7, 11) is -0.948. The molecule has 0 aromatic heterocycles. The molecule has 0 aliphatic heterocycles. The van der Waals surface area contributed by atoms with Crippen LogP contribution in [0.4, 0.5) is 0 Å². The zero-order valence-corrected chi connectivity index (χ0v) is 19.1. The van der Waals surface area contributed by atoms with E-state index in [0.717, 1.165) is 6.42 Å². The van der Waals surface area contributed by atoms with E-state index in [4.69, 9.17) is 0 Å². The molecular formula is C20H36NPTi. The molecule has 0 saturated heterocycles. The van der Waals surface area contributed by atoms with E-state index in [1.165, 1.54) is 16.8 Å². The minimum atomic E-state index is -0.948. The molecule has 0 fully saturated rings. The monoisotopic (exact) mass is 369 g/mol. The number of nitrogens with zero attached hydrogens (tertiary/aromatic N) is 1. The van der Waals surface area contributed by atoms with Crippen LogP contribution in [0.5, 0.6) is 0 Å². The summed E-state index contributed by atoms with van der Waals surface area (Å²) in [6.45, 7) is 19.9. The molecule has 0 bridgehead atoms. The minimum absolute atomic E-state index is 0. The minimum Gasteiger partial charge on any atom is -0.272 e. The summed E-state index contributed by atoms with van der Waals surface area (Å²) in [5, 5.41) is 0. The largest absolute Gasteiger partial charge is 0.272 e. The van der Waals surface area contributed by atoms with Gasteiger partial charge in [-0.3, -0.25) is 4.74 Å². The topological polar surface area (TPSA) is 12.4 Å². The van der Waals surface area contributed by atoms with Crippen LogP contribution in [0, 0.1) is 11.8 Å². The summed E-state index contributed by atoms with van der Waals surface area (Å²) >= 11 is 0. The fraction of sp³-hybridized carbons (Fsp3) is 0.600. The van der Waals surface area contributed by atoms with Gasteiger partial charge < -0.3 is 0 Å². The Hall–Kier alpha value is -0.0957. The Bertz CT molecular complexity index is 483. The average Bonchev–Trinajstić information content (AvgIpc) is 2.78. The van der Waals surface area contributed by atoms with Crippen LogP contribution >= 0.6 is 7.05 Å². The first-order valence-electron chi connectivity index (χ1n) is 8.29. The third kappa shape index (κ3) is 15.2. The second kappa shape index (κ2) is 12.3. The van der Waals surface area contributed by atoms with Gasteiger partial charge in [0.25, 0.3) is 0 Å². The molecule has 0 spiro atoms. The fourth-order valence-corrected chi connectivity index (χ4v) is 3.08. The van der Waals surface area contributed by atoms with Crippen LogP contribution in [0.1, 0.15) is 48.0 Å². The molecule has 0 amide bonds. The molecule has 1 nitrogen and oxygen atoms in total. The summed E-state index contributed by atoms with van der Waals surface area (Å²) in [5.74, 6) is 1.31. The molecule has 0 saturated carbocycles. The van der Waals surface area contributed by atoms with Crippen molar-refractivity contribution < 1.29 is 21.7 Å². The fourth-order valence-electron chi connectivity index (χ4n) is 2.16. The molecule has 0 aromatic rings. The quantitative estimate of drug-likeness (QED) is 0.284. The summed E-state index contributed by atoms with van der Waals surface area (Å²) in [6.07, 6.45) is 12.0. The van der Waals surface area contributed by atoms with Crippen LogP contribution in [0.15, 0.2) is 52.0 Å². The van der Waals surface area contributed by atoms with Gasteiger partial charge in [-0.15, -0.1) is 0 Å². The van der Waals surface area contributed by atoms with Gasteiger partial charge in [0.05, 0.1) is 0 Å². The Kier molecular flexibility index (Phi) is 13.4. The van der Waals surface area contributed by atoms with Crippen molar-refractivity contribution in [2.24, 2.45) is 16.6 Å². The zero-order valence-electron chi connectivity index (χ0n) is 16.6. The molecule has 1 aliphatic carbocycles. The van der Waals surface area contributed by atoms with E-state index in [0.29, 0.717) is 11.8 Å². The second-order valence-electron chi connectivity index (χ2n) is 7.52. The molecule has 1 aliphatic rings. The van der Waals surface area contributed by atoms with E-state index >= 15 is 0 Å². The van der Waals surface area contributed by atoms with Crippen LogP contribution in [0.25, 0.3) is 0 Å². The van der Waals surface area contributed by atoms with Gasteiger partial charge in [0.15, 0.2) is 0 Å². The van der Waals surface area contributed by atoms with Crippen LogP contribution in [0.3, 0.4) is 0 Å². The van der Waals surface area contributed by atoms with Gasteiger partial charge in [-0.05, 0) is 58.8 Å². The van der Waals surface area contributed by atoms with Crippen molar-refractivity contribution in [3.63, 3.8) is 0 Å². The first-order valence-corrected chi connectivity index (χ1v) is 11.4. The Morgan fingerprint density at radius 1 is 1.00 bits per heavy atom. The molecule has 0 heterocycles. The normalized spacial score (nSPS) is 15.2. The van der Waals surface area contributed by atoms with E-state index in [2.05, 4.69) is 96.7 Å². The molecule has 0 N–H and O–H groups in total. The Balaban J connectivity index is 0. The molecular weight excluding hydrogens is 333 g/mol. The standard InChI is InChI=1S/C12H22.C8H14NP.Ti/c1-9(2)7-11(5)12(6)8-10(3)4;1-10(2,3)9-8-6-4-5-7-8;/h7-10H,1-6H3;4-6H,7H2,1-3H3;. The first kappa shape index (κ1) is 25.1. The number of hydrogen-bond acceptors (Lipinski definition) is 1. The van der Waals surface area contributed by atoms with Crippen molar-refractivity contribution in [2.75, 3.05) is 20.0 Å². The first-order chi connectivity index (χ1) is 10.0. The average molecular weight is 369 g/mol. The number of hydrogen-bond donors (Lipinski definition) is 0. The van der Waals surface area contributed by atoms with Gasteiger partial charge in [0.2, 0.25) is 0 Å². The van der Waals surface area contributed by atoms with E-state index in [9.17, 15) is 0 Å². The van der Waals surface area contributed by atoms with E-state index in [1.807, 2.05) is 0 Å². The summed E-state index contributed by atoms with van der Waals surface area (Å²) < 4.78 is 4.62. The van der Waals surface area contributed by atoms with Crippen molar-refractivity contribution in [1.82, 2.24) is 0 Å². The molecule has 1 rings (SSSR count). The smallest absolute Gasteiger partial charge is 0.0424 e. The van der Waals surface area contributed by atoms with Crippen molar-refractivity contribution in [3.8, 4) is 0 Å². The predicted molar refractivity (Wildman–Crippen MR) is 106 cm³/mol. The number of allylic oxidation sites excluding steroid dienone is 7. The van der Waals surface area contributed by atoms with Crippen molar-refractivity contribution >= 4 is 7.05 Å². The molecule has 130 valence electrons. The molecule has 0 radical (unpaired) electrons. The molecule has 3 heteroatoms. The Labute approximate surface area is 160 Å². The third-order valence-corrected chi connectivity index (χ3v) is 3.83. The SMILES string of the molecule is CC(=CC(C)C)C(C)=CC(C)C.CP(C)(C)=NC1=CC=CC1.[Ti]. The van der Waals surface area contributed by atoms with Gasteiger partial charge in [-0.2, -0.15) is 0 Å². The summed E-state index contributed by atoms with van der Waals surface area (Å²) in [4.78, 5) is 0. The summed E-state index contributed by atoms with van der Waals surface area (Å²) in [6, 6.07) is 0. The summed E-state index contributed by atoms with van der Waals surface area (Å²) in [5.41, 5.74) is 4.08. The van der Waals surface area contributed by atoms with Gasteiger partial charge in [0.1, 0.15) is 0 Å². The Morgan fingerprint density at radius 3 is 1.70 bits per heavy atom. The van der Waals surface area contributed by atoms with Crippen LogP contribution < -0.4 is 0 Å². The predicted octanol–water partition coefficient (Wildman–Crippen LogP) is 7.11. The van der Waals surface area contributed by atoms with Gasteiger partial charge >= 0.3 is 0 Å². The number of rotatable bonds is 4. The van der Waals surface area contributed by atoms with Gasteiger partial charge in [-0.1, -0.05) is 63.1 Å². The van der Waals surface area contributed by atoms with Crippen molar-refractivity contribution in [3.05, 3.63) is 47.2 Å². The van der Waals surface area contributed by atoms with E-state index in [1.54, 1.807) is 0 Å². The van der Waals surface area contributed by atoms with Crippen molar-refractivity contribution in [1.29, 1.82) is 0 Å². The van der Waals surface area contributed by atoms with Crippen LogP contribution in [0.2, 0.25) is 0 Å². The van der Waals surface area contributed by atoms with Crippen LogP contribution in [-0.2, 0) is 21.7 Å². The molecule has 0 unspecified atom stereocenters. The zero-order chi connectivity index (χ0) is 17.3. The third-order valence-electron chi connectivity index (χ3n) is 2.97. The van der Waals surface area contributed by atoms with Gasteiger partial charge in [0, 0.05) is 33.8 Å².